The Morgan fingerprint density at radius 3 is 2.52 bits per heavy atom. The number of esters is 2. The van der Waals surface area contributed by atoms with Crippen LogP contribution in [0.2, 0.25) is 0 Å². The lowest BCUT2D eigenvalue weighted by atomic mass is 9.46. The quantitative estimate of drug-likeness (QED) is 0.188. The van der Waals surface area contributed by atoms with Gasteiger partial charge in [-0.2, -0.15) is 0 Å². The summed E-state index contributed by atoms with van der Waals surface area (Å²) in [5, 5.41) is 16.6. The van der Waals surface area contributed by atoms with E-state index in [0.717, 1.165) is 46.7 Å². The molecule has 1 heterocycles. The number of carbonyl (C=O) groups excluding carboxylic acids is 5. The summed E-state index contributed by atoms with van der Waals surface area (Å²) in [5.74, 6) is -2.98. The summed E-state index contributed by atoms with van der Waals surface area (Å²) in [4.78, 5) is 69.1. The van der Waals surface area contributed by atoms with Crippen LogP contribution in [0.1, 0.15) is 69.9 Å². The van der Waals surface area contributed by atoms with E-state index in [0.29, 0.717) is 24.9 Å². The van der Waals surface area contributed by atoms with Crippen molar-refractivity contribution in [2.24, 2.45) is 58.0 Å². The summed E-state index contributed by atoms with van der Waals surface area (Å²) in [6.07, 6.45) is 12.0. The third kappa shape index (κ3) is 7.32. The number of hydrogen-bond acceptors (Lipinski definition) is 10. The molecule has 1 amide bonds. The SMILES string of the molecule is C[C@@H]1CC2[C@@H]3CCC4=CC(=O)C=C[C@]4(C)C3[C@@H](O)C[C@]2(C)[C@H]1C(=O)COC(=O)C1CC1C(=O)OCCc1ccc(C(CN)C(=O)Nc2ccc3cnccc3c2)cc1. The second-order valence-electron chi connectivity index (χ2n) is 17.9. The van der Waals surface area contributed by atoms with Crippen molar-refractivity contribution in [2.45, 2.75) is 71.3 Å². The van der Waals surface area contributed by atoms with Gasteiger partial charge in [0, 0.05) is 53.7 Å². The maximum absolute atomic E-state index is 13.8. The van der Waals surface area contributed by atoms with Crippen LogP contribution in [-0.2, 0) is 39.9 Å². The fourth-order valence-electron chi connectivity index (χ4n) is 11.5. The third-order valence-electron chi connectivity index (χ3n) is 14.4. The lowest BCUT2D eigenvalue weighted by Gasteiger charge is -2.58. The van der Waals surface area contributed by atoms with Gasteiger partial charge < -0.3 is 25.6 Å². The fraction of sp³-hybridized carbons (Fsp3) is 0.489. The van der Waals surface area contributed by atoms with Gasteiger partial charge in [-0.05, 0) is 102 Å². The number of allylic oxidation sites excluding steroid dienone is 4. The number of hydrogen-bond donors (Lipinski definition) is 3. The topological polar surface area (TPSA) is 175 Å². The minimum atomic E-state index is -0.632. The summed E-state index contributed by atoms with van der Waals surface area (Å²) in [6.45, 7) is 6.27. The highest BCUT2D eigenvalue weighted by Gasteiger charge is 2.64. The van der Waals surface area contributed by atoms with Crippen molar-refractivity contribution < 1.29 is 38.6 Å². The van der Waals surface area contributed by atoms with Crippen LogP contribution in [0.5, 0.6) is 0 Å². The Balaban J connectivity index is 0.790. The van der Waals surface area contributed by atoms with Crippen molar-refractivity contribution >= 4 is 45.9 Å². The van der Waals surface area contributed by atoms with E-state index in [1.54, 1.807) is 24.5 Å². The van der Waals surface area contributed by atoms with E-state index in [2.05, 4.69) is 31.1 Å². The van der Waals surface area contributed by atoms with E-state index in [1.165, 1.54) is 0 Å². The van der Waals surface area contributed by atoms with Gasteiger partial charge in [0.05, 0.1) is 30.5 Å². The van der Waals surface area contributed by atoms with Gasteiger partial charge in [0.1, 0.15) is 6.61 Å². The first-order valence-electron chi connectivity index (χ1n) is 20.7. The van der Waals surface area contributed by atoms with E-state index in [4.69, 9.17) is 15.2 Å². The van der Waals surface area contributed by atoms with Crippen LogP contribution in [0, 0.1) is 52.3 Å². The Morgan fingerprint density at radius 1 is 1.00 bits per heavy atom. The molecule has 0 spiro atoms. The van der Waals surface area contributed by atoms with Gasteiger partial charge in [-0.3, -0.25) is 29.0 Å². The van der Waals surface area contributed by atoms with Gasteiger partial charge in [0.15, 0.2) is 11.6 Å². The molecular weight excluding hydrogens is 735 g/mol. The highest BCUT2D eigenvalue weighted by molar-refractivity contribution is 6.01. The van der Waals surface area contributed by atoms with Crippen LogP contribution in [0.4, 0.5) is 5.69 Å². The van der Waals surface area contributed by atoms with Gasteiger partial charge in [0.25, 0.3) is 0 Å². The lowest BCUT2D eigenvalue weighted by molar-refractivity contribution is -0.156. The normalized spacial score (nSPS) is 32.6. The molecule has 8 rings (SSSR count). The van der Waals surface area contributed by atoms with Crippen molar-refractivity contribution in [3.8, 4) is 0 Å². The first-order chi connectivity index (χ1) is 27.8. The molecule has 0 saturated heterocycles. The van der Waals surface area contributed by atoms with Crippen molar-refractivity contribution in [1.29, 1.82) is 0 Å². The number of amides is 1. The van der Waals surface area contributed by atoms with E-state index < -0.39 is 41.2 Å². The number of nitrogens with one attached hydrogen (secondary N) is 1. The largest absolute Gasteiger partial charge is 0.465 e. The third-order valence-corrected chi connectivity index (χ3v) is 14.4. The number of pyridine rings is 1. The van der Waals surface area contributed by atoms with Gasteiger partial charge in [0.2, 0.25) is 5.91 Å². The minimum Gasteiger partial charge on any atom is -0.465 e. The van der Waals surface area contributed by atoms with Crippen LogP contribution in [0.25, 0.3) is 10.8 Å². The van der Waals surface area contributed by atoms with Gasteiger partial charge in [-0.1, -0.05) is 62.8 Å². The first kappa shape index (κ1) is 39.8. The number of fused-ring (bicyclic) bond motifs is 6. The summed E-state index contributed by atoms with van der Waals surface area (Å²) in [5.41, 5.74) is 8.67. The molecular formula is C47H53N3O8. The molecule has 304 valence electrons. The number of aliphatic hydroxyl groups excluding tert-OH is 1. The highest BCUT2D eigenvalue weighted by Crippen LogP contribution is 2.67. The van der Waals surface area contributed by atoms with E-state index in [9.17, 15) is 29.1 Å². The predicted octanol–water partition coefficient (Wildman–Crippen LogP) is 5.89. The fourth-order valence-corrected chi connectivity index (χ4v) is 11.5. The molecule has 2 aromatic carbocycles. The average Bonchev–Trinajstić information content (AvgIpc) is 3.96. The molecule has 4 fully saturated rings. The Kier molecular flexibility index (Phi) is 10.7. The zero-order valence-electron chi connectivity index (χ0n) is 33.4. The minimum absolute atomic E-state index is 0.00217. The molecule has 11 atom stereocenters. The average molecular weight is 788 g/mol. The molecule has 5 aliphatic rings. The number of ether oxygens (including phenoxy) is 2. The summed E-state index contributed by atoms with van der Waals surface area (Å²) < 4.78 is 11.1. The number of rotatable bonds is 12. The van der Waals surface area contributed by atoms with Crippen molar-refractivity contribution in [3.05, 3.63) is 95.9 Å². The Labute approximate surface area is 338 Å². The molecule has 3 aromatic rings. The van der Waals surface area contributed by atoms with Crippen molar-refractivity contribution in [3.63, 3.8) is 0 Å². The number of carbonyl (C=O) groups is 5. The molecule has 0 bridgehead atoms. The summed E-state index contributed by atoms with van der Waals surface area (Å²) in [7, 11) is 0. The molecule has 1 aromatic heterocycles. The summed E-state index contributed by atoms with van der Waals surface area (Å²) in [6, 6.07) is 15.0. The van der Waals surface area contributed by atoms with Crippen molar-refractivity contribution in [1.82, 2.24) is 4.98 Å². The smallest absolute Gasteiger partial charge is 0.310 e. The maximum atomic E-state index is 13.8. The number of aliphatic hydroxyl groups is 1. The molecule has 58 heavy (non-hydrogen) atoms. The van der Waals surface area contributed by atoms with E-state index in [1.807, 2.05) is 54.6 Å². The van der Waals surface area contributed by atoms with Crippen LogP contribution in [0.3, 0.4) is 0 Å². The molecule has 5 unspecified atom stereocenters. The zero-order valence-corrected chi connectivity index (χ0v) is 33.4. The summed E-state index contributed by atoms with van der Waals surface area (Å²) >= 11 is 0. The molecule has 5 aliphatic carbocycles. The standard InChI is InChI=1S/C47H53N3O8/c1-26-18-38-34-11-9-31-20-33(51)12-15-46(31,2)42(34)39(52)22-47(38,3)41(26)40(53)25-58-45(56)36-21-35(36)44(55)57-17-14-27-4-6-28(7-5-27)37(23-48)43(54)50-32-10-8-30-24-49-16-13-29(30)19-32/h4-8,10,12-13,15-16,19-20,24,26,34-39,41-42,52H,9,11,14,17-18,21-23,25,48H2,1-3H3,(H,50,54)/t26-,34+,35?,36?,37?,38?,39+,41-,42?,46+,47+/m1/s1. The van der Waals surface area contributed by atoms with Crippen LogP contribution >= 0.6 is 0 Å². The Bertz CT molecular complexity index is 2200. The first-order valence-corrected chi connectivity index (χ1v) is 20.7. The lowest BCUT2D eigenvalue weighted by Crippen LogP contribution is -2.56. The number of benzene rings is 2. The number of nitrogens with two attached hydrogens (primary N) is 1. The van der Waals surface area contributed by atoms with Gasteiger partial charge in [-0.15, -0.1) is 0 Å². The molecule has 4 saturated carbocycles. The van der Waals surface area contributed by atoms with E-state index >= 15 is 0 Å². The molecule has 11 nitrogen and oxygen atoms in total. The number of aromatic nitrogens is 1. The number of Topliss-reactive ketones (excluding diaryl/α,β-unsaturated/α-hetero) is 1. The number of ketones is 2. The van der Waals surface area contributed by atoms with Crippen LogP contribution < -0.4 is 11.1 Å². The molecule has 11 heteroatoms. The number of nitrogens with zero attached hydrogens (tertiary/aromatic N) is 1. The maximum Gasteiger partial charge on any atom is 0.310 e. The highest BCUT2D eigenvalue weighted by atomic mass is 16.5. The van der Waals surface area contributed by atoms with Gasteiger partial charge in [-0.25, -0.2) is 0 Å². The van der Waals surface area contributed by atoms with Crippen LogP contribution in [-0.4, -0.2) is 65.4 Å². The van der Waals surface area contributed by atoms with Crippen molar-refractivity contribution in [2.75, 3.05) is 25.1 Å². The Hall–Kier alpha value is -5.00. The number of anilines is 1. The molecule has 0 aliphatic heterocycles. The second kappa shape index (κ2) is 15.6. The predicted molar refractivity (Wildman–Crippen MR) is 217 cm³/mol. The van der Waals surface area contributed by atoms with E-state index in [-0.39, 0.29) is 72.2 Å². The molecule has 4 N–H and O–H groups in total. The monoisotopic (exact) mass is 787 g/mol. The second-order valence-corrected chi connectivity index (χ2v) is 17.9. The molecule has 0 radical (unpaired) electrons. The zero-order chi connectivity index (χ0) is 40.9. The van der Waals surface area contributed by atoms with Crippen LogP contribution in [0.15, 0.2) is 84.7 Å². The Morgan fingerprint density at radius 2 is 1.76 bits per heavy atom. The van der Waals surface area contributed by atoms with Gasteiger partial charge >= 0.3 is 11.9 Å².